The number of nitrogens with zero attached hydrogens (tertiary/aromatic N) is 2. The number of carbonyl (C=O) groups is 1. The van der Waals surface area contributed by atoms with Crippen molar-refractivity contribution in [1.82, 2.24) is 4.90 Å². The van der Waals surface area contributed by atoms with Crippen molar-refractivity contribution in [1.29, 1.82) is 0 Å². The Balaban J connectivity index is 1.50. The molecule has 1 aliphatic heterocycles. The van der Waals surface area contributed by atoms with Crippen LogP contribution in [0.4, 0.5) is 5.69 Å². The van der Waals surface area contributed by atoms with Gasteiger partial charge < -0.3 is 19.6 Å². The van der Waals surface area contributed by atoms with Crippen LogP contribution in [-0.4, -0.2) is 48.7 Å². The van der Waals surface area contributed by atoms with Crippen molar-refractivity contribution in [2.45, 2.75) is 6.92 Å². The van der Waals surface area contributed by atoms with Gasteiger partial charge in [0.05, 0.1) is 0 Å². The summed E-state index contributed by atoms with van der Waals surface area (Å²) in [5.41, 5.74) is 2.44. The number of aryl methyl sites for hydroxylation is 1. The van der Waals surface area contributed by atoms with Crippen LogP contribution in [0, 0.1) is 6.92 Å². The predicted octanol–water partition coefficient (Wildman–Crippen LogP) is 2.43. The number of rotatable bonds is 4. The third-order valence-electron chi connectivity index (χ3n) is 4.25. The summed E-state index contributed by atoms with van der Waals surface area (Å²) in [6.45, 7) is 5.00. The summed E-state index contributed by atoms with van der Waals surface area (Å²) in [7, 11) is 0. The average molecular weight is 326 g/mol. The Bertz CT molecular complexity index is 692. The molecule has 0 aromatic heterocycles. The zero-order valence-electron chi connectivity index (χ0n) is 13.8. The first kappa shape index (κ1) is 16.2. The molecular weight excluding hydrogens is 304 g/mol. The van der Waals surface area contributed by atoms with E-state index < -0.39 is 0 Å². The minimum atomic E-state index is -0.0539. The highest BCUT2D eigenvalue weighted by molar-refractivity contribution is 5.78. The number of carbonyl (C=O) groups excluding carboxylic acids is 1. The summed E-state index contributed by atoms with van der Waals surface area (Å²) in [6.07, 6.45) is 0. The molecule has 1 saturated heterocycles. The van der Waals surface area contributed by atoms with Crippen molar-refractivity contribution in [3.05, 3.63) is 54.1 Å². The van der Waals surface area contributed by atoms with Crippen LogP contribution in [0.5, 0.6) is 11.5 Å². The van der Waals surface area contributed by atoms with Crippen LogP contribution in [0.3, 0.4) is 0 Å². The van der Waals surface area contributed by atoms with Gasteiger partial charge in [-0.3, -0.25) is 4.79 Å². The number of aromatic hydroxyl groups is 1. The molecule has 1 amide bonds. The molecule has 126 valence electrons. The molecule has 1 aliphatic rings. The molecule has 0 saturated carbocycles. The van der Waals surface area contributed by atoms with Gasteiger partial charge in [0.2, 0.25) is 0 Å². The summed E-state index contributed by atoms with van der Waals surface area (Å²) < 4.78 is 5.42. The molecule has 0 radical (unpaired) electrons. The Morgan fingerprint density at radius 1 is 1.04 bits per heavy atom. The van der Waals surface area contributed by atoms with E-state index in [0.29, 0.717) is 18.8 Å². The Hall–Kier alpha value is -2.69. The lowest BCUT2D eigenvalue weighted by atomic mass is 10.2. The summed E-state index contributed by atoms with van der Waals surface area (Å²) in [5.74, 6) is 0.334. The lowest BCUT2D eigenvalue weighted by Gasteiger charge is -2.36. The molecular formula is C19H22N2O3. The third kappa shape index (κ3) is 3.79. The fourth-order valence-corrected chi connectivity index (χ4v) is 2.78. The van der Waals surface area contributed by atoms with Crippen molar-refractivity contribution >= 4 is 11.6 Å². The number of hydrogen-bond acceptors (Lipinski definition) is 4. The SMILES string of the molecule is Cc1ccc(N2CCN(C(=O)COc3ccccc3O)CC2)cc1. The maximum Gasteiger partial charge on any atom is 0.260 e. The minimum absolute atomic E-state index is 0.0505. The minimum Gasteiger partial charge on any atom is -0.504 e. The first-order chi connectivity index (χ1) is 11.6. The summed E-state index contributed by atoms with van der Waals surface area (Å²) >= 11 is 0. The van der Waals surface area contributed by atoms with E-state index in [1.54, 1.807) is 24.3 Å². The first-order valence-electron chi connectivity index (χ1n) is 8.13. The average Bonchev–Trinajstić information content (AvgIpc) is 2.62. The largest absolute Gasteiger partial charge is 0.504 e. The van der Waals surface area contributed by atoms with Gasteiger partial charge in [0.15, 0.2) is 18.1 Å². The Morgan fingerprint density at radius 3 is 2.38 bits per heavy atom. The second-order valence-corrected chi connectivity index (χ2v) is 5.96. The molecule has 0 unspecified atom stereocenters. The molecule has 1 fully saturated rings. The smallest absolute Gasteiger partial charge is 0.260 e. The number of amides is 1. The van der Waals surface area contributed by atoms with Gasteiger partial charge in [0, 0.05) is 31.9 Å². The van der Waals surface area contributed by atoms with Crippen LogP contribution in [0.1, 0.15) is 5.56 Å². The number of hydrogen-bond donors (Lipinski definition) is 1. The molecule has 2 aromatic carbocycles. The molecule has 0 spiro atoms. The van der Waals surface area contributed by atoms with Gasteiger partial charge in [-0.05, 0) is 31.2 Å². The van der Waals surface area contributed by atoms with E-state index in [1.807, 2.05) is 4.90 Å². The molecule has 5 nitrogen and oxygen atoms in total. The zero-order chi connectivity index (χ0) is 16.9. The highest BCUT2D eigenvalue weighted by atomic mass is 16.5. The summed E-state index contributed by atoms with van der Waals surface area (Å²) in [5, 5.41) is 9.66. The van der Waals surface area contributed by atoms with Crippen LogP contribution in [-0.2, 0) is 4.79 Å². The quantitative estimate of drug-likeness (QED) is 0.937. The molecule has 0 aliphatic carbocycles. The van der Waals surface area contributed by atoms with Crippen molar-refractivity contribution < 1.29 is 14.6 Å². The number of ether oxygens (including phenoxy) is 1. The van der Waals surface area contributed by atoms with Gasteiger partial charge in [-0.1, -0.05) is 29.8 Å². The number of phenolic OH excluding ortho intramolecular Hbond substituents is 1. The standard InChI is InChI=1S/C19H22N2O3/c1-15-6-8-16(9-7-15)20-10-12-21(13-11-20)19(23)14-24-18-5-3-2-4-17(18)22/h2-9,22H,10-14H2,1H3. The van der Waals surface area contributed by atoms with E-state index in [1.165, 1.54) is 11.3 Å². The van der Waals surface area contributed by atoms with E-state index in [4.69, 9.17) is 4.74 Å². The highest BCUT2D eigenvalue weighted by Crippen LogP contribution is 2.24. The molecule has 1 heterocycles. The van der Waals surface area contributed by atoms with Crippen LogP contribution in [0.25, 0.3) is 0 Å². The van der Waals surface area contributed by atoms with E-state index in [2.05, 4.69) is 36.1 Å². The van der Waals surface area contributed by atoms with E-state index >= 15 is 0 Å². The van der Waals surface area contributed by atoms with Crippen LogP contribution < -0.4 is 9.64 Å². The van der Waals surface area contributed by atoms with Gasteiger partial charge in [-0.2, -0.15) is 0 Å². The Kier molecular flexibility index (Phi) is 4.89. The Morgan fingerprint density at radius 2 is 1.71 bits per heavy atom. The Labute approximate surface area is 142 Å². The van der Waals surface area contributed by atoms with Gasteiger partial charge in [0.1, 0.15) is 0 Å². The highest BCUT2D eigenvalue weighted by Gasteiger charge is 2.21. The van der Waals surface area contributed by atoms with E-state index in [9.17, 15) is 9.90 Å². The molecule has 0 bridgehead atoms. The van der Waals surface area contributed by atoms with Crippen LogP contribution in [0.15, 0.2) is 48.5 Å². The maximum atomic E-state index is 12.3. The molecule has 24 heavy (non-hydrogen) atoms. The van der Waals surface area contributed by atoms with Crippen LogP contribution >= 0.6 is 0 Å². The molecule has 0 atom stereocenters. The number of phenols is 1. The van der Waals surface area contributed by atoms with Gasteiger partial charge >= 0.3 is 0 Å². The van der Waals surface area contributed by atoms with Gasteiger partial charge in [0.25, 0.3) is 5.91 Å². The lowest BCUT2D eigenvalue weighted by Crippen LogP contribution is -2.50. The monoisotopic (exact) mass is 326 g/mol. The summed E-state index contributed by atoms with van der Waals surface area (Å²) in [6, 6.07) is 15.1. The van der Waals surface area contributed by atoms with E-state index in [-0.39, 0.29) is 18.3 Å². The van der Waals surface area contributed by atoms with Crippen molar-refractivity contribution in [3.8, 4) is 11.5 Å². The zero-order valence-corrected chi connectivity index (χ0v) is 13.8. The number of anilines is 1. The van der Waals surface area contributed by atoms with E-state index in [0.717, 1.165) is 13.1 Å². The topological polar surface area (TPSA) is 53.0 Å². The fraction of sp³-hybridized carbons (Fsp3) is 0.316. The molecule has 3 rings (SSSR count). The first-order valence-corrected chi connectivity index (χ1v) is 8.13. The van der Waals surface area contributed by atoms with Gasteiger partial charge in [-0.15, -0.1) is 0 Å². The number of piperazine rings is 1. The molecule has 1 N–H and O–H groups in total. The third-order valence-corrected chi connectivity index (χ3v) is 4.25. The second kappa shape index (κ2) is 7.25. The lowest BCUT2D eigenvalue weighted by molar-refractivity contribution is -0.133. The fourth-order valence-electron chi connectivity index (χ4n) is 2.78. The number of para-hydroxylation sites is 2. The van der Waals surface area contributed by atoms with Crippen molar-refractivity contribution in [2.24, 2.45) is 0 Å². The molecule has 2 aromatic rings. The van der Waals surface area contributed by atoms with Gasteiger partial charge in [-0.25, -0.2) is 0 Å². The van der Waals surface area contributed by atoms with Crippen molar-refractivity contribution in [2.75, 3.05) is 37.7 Å². The normalized spacial score (nSPS) is 14.5. The second-order valence-electron chi connectivity index (χ2n) is 5.96. The predicted molar refractivity (Wildman–Crippen MR) is 93.6 cm³/mol. The summed E-state index contributed by atoms with van der Waals surface area (Å²) in [4.78, 5) is 16.4. The van der Waals surface area contributed by atoms with Crippen molar-refractivity contribution in [3.63, 3.8) is 0 Å². The maximum absolute atomic E-state index is 12.3. The molecule has 5 heteroatoms. The number of benzene rings is 2. The van der Waals surface area contributed by atoms with Crippen LogP contribution in [0.2, 0.25) is 0 Å².